The number of aryl methyl sites for hydroxylation is 2. The number of hydrogen-bond donors (Lipinski definition) is 1. The summed E-state index contributed by atoms with van der Waals surface area (Å²) in [4.78, 5) is 4.20. The van der Waals surface area contributed by atoms with Crippen molar-refractivity contribution in [2.45, 2.75) is 33.2 Å². The Kier molecular flexibility index (Phi) is 4.69. The predicted molar refractivity (Wildman–Crippen MR) is 80.3 cm³/mol. The van der Waals surface area contributed by atoms with E-state index in [2.05, 4.69) is 61.4 Å². The number of aromatic nitrogens is 1. The maximum Gasteiger partial charge on any atom is 0.0583 e. The van der Waals surface area contributed by atoms with Crippen molar-refractivity contribution in [1.82, 2.24) is 10.3 Å². The van der Waals surface area contributed by atoms with Gasteiger partial charge in [0.1, 0.15) is 0 Å². The molecule has 0 amide bonds. The second-order valence-electron chi connectivity index (χ2n) is 4.98. The Labute approximate surface area is 115 Å². The van der Waals surface area contributed by atoms with Gasteiger partial charge in [-0.2, -0.15) is 0 Å². The highest BCUT2D eigenvalue weighted by Gasteiger charge is 2.16. The summed E-state index contributed by atoms with van der Waals surface area (Å²) >= 11 is 0. The number of rotatable bonds is 5. The molecule has 0 radical (unpaired) electrons. The van der Waals surface area contributed by atoms with Crippen LogP contribution in [0.2, 0.25) is 0 Å². The van der Waals surface area contributed by atoms with E-state index in [1.165, 1.54) is 22.3 Å². The SMILES string of the molecule is CCCNC(c1ccccc1C)c1ccncc1C. The standard InChI is InChI=1S/C17H22N2/c1-4-10-19-17(15-8-6-5-7-13(15)2)16-9-11-18-12-14(16)3/h5-9,11-12,17,19H,4,10H2,1-3H3. The third kappa shape index (κ3) is 3.21. The second kappa shape index (κ2) is 6.48. The number of pyridine rings is 1. The van der Waals surface area contributed by atoms with Crippen LogP contribution in [0, 0.1) is 13.8 Å². The maximum atomic E-state index is 4.20. The molecule has 2 rings (SSSR count). The van der Waals surface area contributed by atoms with Crippen LogP contribution in [0.5, 0.6) is 0 Å². The van der Waals surface area contributed by atoms with Gasteiger partial charge in [0.2, 0.25) is 0 Å². The van der Waals surface area contributed by atoms with Gasteiger partial charge in [0.15, 0.2) is 0 Å². The van der Waals surface area contributed by atoms with Crippen LogP contribution < -0.4 is 5.32 Å². The molecule has 1 aromatic heterocycles. The van der Waals surface area contributed by atoms with E-state index in [0.717, 1.165) is 13.0 Å². The number of nitrogens with zero attached hydrogens (tertiary/aromatic N) is 1. The zero-order valence-corrected chi connectivity index (χ0v) is 12.0. The second-order valence-corrected chi connectivity index (χ2v) is 4.98. The van der Waals surface area contributed by atoms with Crippen LogP contribution in [0.4, 0.5) is 0 Å². The molecule has 0 aliphatic rings. The first-order chi connectivity index (χ1) is 9.24. The minimum atomic E-state index is 0.254. The molecule has 100 valence electrons. The molecule has 1 aromatic carbocycles. The lowest BCUT2D eigenvalue weighted by Crippen LogP contribution is -2.24. The molecule has 1 unspecified atom stereocenters. The highest BCUT2D eigenvalue weighted by Crippen LogP contribution is 2.26. The Morgan fingerprint density at radius 2 is 1.79 bits per heavy atom. The minimum Gasteiger partial charge on any atom is -0.306 e. The molecule has 0 aliphatic carbocycles. The molecule has 1 heterocycles. The van der Waals surface area contributed by atoms with Crippen molar-refractivity contribution in [1.29, 1.82) is 0 Å². The van der Waals surface area contributed by atoms with Crippen molar-refractivity contribution >= 4 is 0 Å². The monoisotopic (exact) mass is 254 g/mol. The van der Waals surface area contributed by atoms with Gasteiger partial charge in [0.05, 0.1) is 6.04 Å². The van der Waals surface area contributed by atoms with E-state index in [0.29, 0.717) is 0 Å². The summed E-state index contributed by atoms with van der Waals surface area (Å²) < 4.78 is 0. The summed E-state index contributed by atoms with van der Waals surface area (Å²) in [5, 5.41) is 3.66. The average molecular weight is 254 g/mol. The van der Waals surface area contributed by atoms with Gasteiger partial charge in [-0.15, -0.1) is 0 Å². The first-order valence-electron chi connectivity index (χ1n) is 6.93. The third-order valence-electron chi connectivity index (χ3n) is 3.47. The molecule has 2 aromatic rings. The van der Waals surface area contributed by atoms with E-state index in [9.17, 15) is 0 Å². The van der Waals surface area contributed by atoms with Gasteiger partial charge in [-0.1, -0.05) is 31.2 Å². The van der Waals surface area contributed by atoms with Gasteiger partial charge in [-0.25, -0.2) is 0 Å². The average Bonchev–Trinajstić information content (AvgIpc) is 2.42. The molecule has 0 saturated heterocycles. The van der Waals surface area contributed by atoms with Crippen molar-refractivity contribution in [3.05, 3.63) is 65.0 Å². The summed E-state index contributed by atoms with van der Waals surface area (Å²) in [5.41, 5.74) is 5.23. The molecule has 0 saturated carbocycles. The zero-order chi connectivity index (χ0) is 13.7. The smallest absolute Gasteiger partial charge is 0.0583 e. The molecule has 0 aliphatic heterocycles. The summed E-state index contributed by atoms with van der Waals surface area (Å²) in [7, 11) is 0. The Bertz CT molecular complexity index is 489. The van der Waals surface area contributed by atoms with Crippen molar-refractivity contribution < 1.29 is 0 Å². The predicted octanol–water partition coefficient (Wildman–Crippen LogP) is 3.79. The van der Waals surface area contributed by atoms with E-state index in [1.54, 1.807) is 0 Å². The van der Waals surface area contributed by atoms with Crippen LogP contribution >= 0.6 is 0 Å². The maximum absolute atomic E-state index is 4.20. The van der Waals surface area contributed by atoms with Crippen molar-refractivity contribution in [3.63, 3.8) is 0 Å². The fraction of sp³-hybridized carbons (Fsp3) is 0.353. The summed E-state index contributed by atoms with van der Waals surface area (Å²) in [6.07, 6.45) is 4.95. The van der Waals surface area contributed by atoms with Gasteiger partial charge in [0, 0.05) is 12.4 Å². The minimum absolute atomic E-state index is 0.254. The quantitative estimate of drug-likeness (QED) is 0.878. The van der Waals surface area contributed by atoms with Crippen molar-refractivity contribution in [2.75, 3.05) is 6.54 Å². The Morgan fingerprint density at radius 3 is 2.47 bits per heavy atom. The van der Waals surface area contributed by atoms with Crippen LogP contribution in [-0.2, 0) is 0 Å². The number of nitrogens with one attached hydrogen (secondary N) is 1. The van der Waals surface area contributed by atoms with Crippen LogP contribution in [-0.4, -0.2) is 11.5 Å². The molecule has 2 heteroatoms. The van der Waals surface area contributed by atoms with Gasteiger partial charge < -0.3 is 5.32 Å². The Morgan fingerprint density at radius 1 is 1.05 bits per heavy atom. The van der Waals surface area contributed by atoms with Crippen LogP contribution in [0.15, 0.2) is 42.7 Å². The van der Waals surface area contributed by atoms with E-state index in [1.807, 2.05) is 12.4 Å². The molecular weight excluding hydrogens is 232 g/mol. The molecule has 2 nitrogen and oxygen atoms in total. The van der Waals surface area contributed by atoms with E-state index in [4.69, 9.17) is 0 Å². The Hall–Kier alpha value is -1.67. The van der Waals surface area contributed by atoms with Crippen molar-refractivity contribution in [2.24, 2.45) is 0 Å². The van der Waals surface area contributed by atoms with Crippen LogP contribution in [0.25, 0.3) is 0 Å². The lowest BCUT2D eigenvalue weighted by molar-refractivity contribution is 0.593. The molecule has 19 heavy (non-hydrogen) atoms. The van der Waals surface area contributed by atoms with Gasteiger partial charge >= 0.3 is 0 Å². The van der Waals surface area contributed by atoms with Crippen LogP contribution in [0.1, 0.15) is 41.6 Å². The normalized spacial score (nSPS) is 12.4. The molecule has 1 atom stereocenters. The topological polar surface area (TPSA) is 24.9 Å². The fourth-order valence-electron chi connectivity index (χ4n) is 2.39. The summed E-state index contributed by atoms with van der Waals surface area (Å²) in [5.74, 6) is 0. The van der Waals surface area contributed by atoms with E-state index < -0.39 is 0 Å². The molecule has 1 N–H and O–H groups in total. The van der Waals surface area contributed by atoms with Crippen LogP contribution in [0.3, 0.4) is 0 Å². The van der Waals surface area contributed by atoms with Gasteiger partial charge in [0.25, 0.3) is 0 Å². The largest absolute Gasteiger partial charge is 0.306 e. The number of benzene rings is 1. The van der Waals surface area contributed by atoms with E-state index in [-0.39, 0.29) is 6.04 Å². The summed E-state index contributed by atoms with van der Waals surface area (Å²) in [6.45, 7) is 7.51. The van der Waals surface area contributed by atoms with Gasteiger partial charge in [-0.05, 0) is 55.1 Å². The van der Waals surface area contributed by atoms with E-state index >= 15 is 0 Å². The lowest BCUT2D eigenvalue weighted by Gasteiger charge is -2.22. The molecule has 0 fully saturated rings. The third-order valence-corrected chi connectivity index (χ3v) is 3.47. The molecule has 0 bridgehead atoms. The fourth-order valence-corrected chi connectivity index (χ4v) is 2.39. The highest BCUT2D eigenvalue weighted by atomic mass is 14.9. The molecular formula is C17H22N2. The number of hydrogen-bond acceptors (Lipinski definition) is 2. The lowest BCUT2D eigenvalue weighted by atomic mass is 9.93. The zero-order valence-electron chi connectivity index (χ0n) is 12.0. The molecule has 0 spiro atoms. The first-order valence-corrected chi connectivity index (χ1v) is 6.93. The first kappa shape index (κ1) is 13.8. The summed E-state index contributed by atoms with van der Waals surface area (Å²) in [6, 6.07) is 11.0. The van der Waals surface area contributed by atoms with Gasteiger partial charge in [-0.3, -0.25) is 4.98 Å². The highest BCUT2D eigenvalue weighted by molar-refractivity contribution is 5.39. The van der Waals surface area contributed by atoms with Crippen molar-refractivity contribution in [3.8, 4) is 0 Å². The Balaban J connectivity index is 2.42.